The van der Waals surface area contributed by atoms with Crippen molar-refractivity contribution in [3.63, 3.8) is 0 Å². The van der Waals surface area contributed by atoms with E-state index in [1.54, 1.807) is 0 Å². The van der Waals surface area contributed by atoms with Gasteiger partial charge in [-0.25, -0.2) is 0 Å². The molecular weight excluding hydrogens is 961 g/mol. The quantitative estimate of drug-likeness (QED) is 0.0261. The molecule has 1 unspecified atom stereocenters. The summed E-state index contributed by atoms with van der Waals surface area (Å²) in [4.78, 5) is 38.2. The Morgan fingerprint density at radius 1 is 0.256 bits per heavy atom. The highest BCUT2D eigenvalue weighted by molar-refractivity contribution is 5.71. The summed E-state index contributed by atoms with van der Waals surface area (Å²) in [5.74, 6) is -0.853. The fraction of sp³-hybridized carbons (Fsp3) is 0.903. The van der Waals surface area contributed by atoms with E-state index in [0.717, 1.165) is 70.6 Å². The molecule has 0 aliphatic rings. The van der Waals surface area contributed by atoms with Crippen LogP contribution in [0.1, 0.15) is 400 Å². The minimum Gasteiger partial charge on any atom is -0.462 e. The molecule has 0 aliphatic heterocycles. The number of rotatable bonds is 66. The summed E-state index contributed by atoms with van der Waals surface area (Å²) in [6.07, 6.45) is 82.4. The smallest absolute Gasteiger partial charge is 0.306 e. The summed E-state index contributed by atoms with van der Waals surface area (Å²) >= 11 is 0. The molecule has 78 heavy (non-hydrogen) atoms. The second-order valence-electron chi connectivity index (χ2n) is 24.2. The number of esters is 3. The van der Waals surface area contributed by atoms with Crippen molar-refractivity contribution < 1.29 is 28.6 Å². The Morgan fingerprint density at radius 3 is 0.718 bits per heavy atom. The van der Waals surface area contributed by atoms with E-state index in [9.17, 15) is 14.4 Å². The lowest BCUT2D eigenvalue weighted by Gasteiger charge is -2.18. The van der Waals surface area contributed by atoms with E-state index in [4.69, 9.17) is 14.2 Å². The van der Waals surface area contributed by atoms with Gasteiger partial charge in [0, 0.05) is 19.3 Å². The number of ether oxygens (including phenoxy) is 3. The van der Waals surface area contributed by atoms with E-state index in [1.165, 1.54) is 289 Å². The van der Waals surface area contributed by atoms with Crippen molar-refractivity contribution in [2.75, 3.05) is 13.2 Å². The van der Waals surface area contributed by atoms with Gasteiger partial charge in [0.05, 0.1) is 0 Å². The van der Waals surface area contributed by atoms with Crippen LogP contribution in [0.5, 0.6) is 0 Å². The first-order valence-electron chi connectivity index (χ1n) is 35.3. The lowest BCUT2D eigenvalue weighted by molar-refractivity contribution is -0.167. The standard InChI is InChI=1S/C72H136O6/c1-4-7-10-13-16-19-21-23-25-27-29-30-31-32-33-34-35-36-37-38-39-40-41-42-43-45-46-48-50-53-56-59-62-65-71(74)77-68-69(67-76-70(73)64-61-58-55-52-18-15-12-9-6-3)78-72(75)66-63-60-57-54-51-49-47-44-28-26-24-22-20-17-14-11-8-5-2/h20,22,26,28,69H,4-19,21,23-25,27,29-68H2,1-3H3/b22-20-,28-26-. The Labute approximate surface area is 487 Å². The molecule has 6 nitrogen and oxygen atoms in total. The minimum atomic E-state index is -0.771. The molecule has 0 fully saturated rings. The van der Waals surface area contributed by atoms with Crippen LogP contribution in [0.25, 0.3) is 0 Å². The molecule has 6 heteroatoms. The highest BCUT2D eigenvalue weighted by Gasteiger charge is 2.19. The third-order valence-corrected chi connectivity index (χ3v) is 16.2. The average molecular weight is 1100 g/mol. The monoisotopic (exact) mass is 1100 g/mol. The van der Waals surface area contributed by atoms with Gasteiger partial charge in [-0.3, -0.25) is 14.4 Å². The molecule has 0 radical (unpaired) electrons. The van der Waals surface area contributed by atoms with Crippen molar-refractivity contribution in [2.45, 2.75) is 406 Å². The third-order valence-electron chi connectivity index (χ3n) is 16.2. The molecule has 0 heterocycles. The zero-order valence-corrected chi connectivity index (χ0v) is 53.0. The second kappa shape index (κ2) is 67.4. The lowest BCUT2D eigenvalue weighted by Crippen LogP contribution is -2.30. The molecule has 0 aromatic heterocycles. The Bertz CT molecular complexity index is 1260. The molecule has 0 bridgehead atoms. The number of hydrogen-bond acceptors (Lipinski definition) is 6. The van der Waals surface area contributed by atoms with E-state index < -0.39 is 6.10 Å². The summed E-state index contributed by atoms with van der Waals surface area (Å²) in [6, 6.07) is 0. The van der Waals surface area contributed by atoms with Crippen molar-refractivity contribution in [3.8, 4) is 0 Å². The highest BCUT2D eigenvalue weighted by atomic mass is 16.6. The molecule has 1 atom stereocenters. The fourth-order valence-corrected chi connectivity index (χ4v) is 10.9. The number of allylic oxidation sites excluding steroid dienone is 4. The van der Waals surface area contributed by atoms with Crippen LogP contribution < -0.4 is 0 Å². The van der Waals surface area contributed by atoms with Gasteiger partial charge in [0.1, 0.15) is 13.2 Å². The molecule has 0 saturated carbocycles. The van der Waals surface area contributed by atoms with Crippen molar-refractivity contribution in [2.24, 2.45) is 0 Å². The Balaban J connectivity index is 4.01. The number of carbonyl (C=O) groups is 3. The van der Waals surface area contributed by atoms with Crippen LogP contribution in [0.4, 0.5) is 0 Å². The maximum Gasteiger partial charge on any atom is 0.306 e. The van der Waals surface area contributed by atoms with Gasteiger partial charge in [-0.1, -0.05) is 353 Å². The van der Waals surface area contributed by atoms with Gasteiger partial charge in [0.25, 0.3) is 0 Å². The average Bonchev–Trinajstić information content (AvgIpc) is 3.44. The van der Waals surface area contributed by atoms with Gasteiger partial charge < -0.3 is 14.2 Å². The molecule has 0 saturated heterocycles. The van der Waals surface area contributed by atoms with Gasteiger partial charge in [-0.2, -0.15) is 0 Å². The maximum atomic E-state index is 12.9. The van der Waals surface area contributed by atoms with Gasteiger partial charge in [0.15, 0.2) is 6.10 Å². The summed E-state index contributed by atoms with van der Waals surface area (Å²) < 4.78 is 16.9. The second-order valence-corrected chi connectivity index (χ2v) is 24.2. The van der Waals surface area contributed by atoms with Crippen LogP contribution in [0, 0.1) is 0 Å². The van der Waals surface area contributed by atoms with Crippen LogP contribution in [0.15, 0.2) is 24.3 Å². The highest BCUT2D eigenvalue weighted by Crippen LogP contribution is 2.19. The van der Waals surface area contributed by atoms with Crippen LogP contribution in [0.2, 0.25) is 0 Å². The third kappa shape index (κ3) is 64.7. The Kier molecular flexibility index (Phi) is 65.6. The molecule has 0 rings (SSSR count). The first-order valence-corrected chi connectivity index (χ1v) is 35.3. The van der Waals surface area contributed by atoms with E-state index in [1.807, 2.05) is 0 Å². The minimum absolute atomic E-state index is 0.0689. The van der Waals surface area contributed by atoms with Crippen LogP contribution in [-0.4, -0.2) is 37.2 Å². The summed E-state index contributed by atoms with van der Waals surface area (Å²) in [5, 5.41) is 0. The Morgan fingerprint density at radius 2 is 0.462 bits per heavy atom. The van der Waals surface area contributed by atoms with Gasteiger partial charge in [-0.15, -0.1) is 0 Å². The molecular formula is C72H136O6. The largest absolute Gasteiger partial charge is 0.462 e. The summed E-state index contributed by atoms with van der Waals surface area (Å²) in [6.45, 7) is 6.67. The van der Waals surface area contributed by atoms with Crippen molar-refractivity contribution >= 4 is 17.9 Å². The molecule has 0 aromatic rings. The number of carbonyl (C=O) groups excluding carboxylic acids is 3. The zero-order valence-electron chi connectivity index (χ0n) is 53.0. The van der Waals surface area contributed by atoms with Crippen molar-refractivity contribution in [1.29, 1.82) is 0 Å². The van der Waals surface area contributed by atoms with Crippen molar-refractivity contribution in [3.05, 3.63) is 24.3 Å². The van der Waals surface area contributed by atoms with Crippen LogP contribution in [0.3, 0.4) is 0 Å². The van der Waals surface area contributed by atoms with Crippen molar-refractivity contribution in [1.82, 2.24) is 0 Å². The van der Waals surface area contributed by atoms with E-state index in [2.05, 4.69) is 45.1 Å². The first kappa shape index (κ1) is 75.9. The predicted octanol–water partition coefficient (Wildman–Crippen LogP) is 24.2. The topological polar surface area (TPSA) is 78.9 Å². The molecule has 460 valence electrons. The molecule has 0 spiro atoms. The molecule has 0 aliphatic carbocycles. The maximum absolute atomic E-state index is 12.9. The number of unbranched alkanes of at least 4 members (excludes halogenated alkanes) is 51. The Hall–Kier alpha value is -2.11. The van der Waals surface area contributed by atoms with E-state index in [-0.39, 0.29) is 31.1 Å². The molecule has 0 N–H and O–H groups in total. The first-order chi connectivity index (χ1) is 38.5. The van der Waals surface area contributed by atoms with E-state index >= 15 is 0 Å². The zero-order chi connectivity index (χ0) is 56.4. The number of hydrogen-bond donors (Lipinski definition) is 0. The summed E-state index contributed by atoms with van der Waals surface area (Å²) in [5.41, 5.74) is 0. The normalized spacial score (nSPS) is 12.1. The SMILES string of the molecule is CCCCCC/C=C\C/C=C\CCCCCCCCCC(=O)OC(COC(=O)CCCCCCCCCCC)COC(=O)CCCCCCCCCCCCCCCCCCCCCCCCCCCCCCCCCCC. The fourth-order valence-electron chi connectivity index (χ4n) is 10.9. The van der Waals surface area contributed by atoms with Gasteiger partial charge in [0.2, 0.25) is 0 Å². The lowest BCUT2D eigenvalue weighted by atomic mass is 10.0. The van der Waals surface area contributed by atoms with Crippen LogP contribution >= 0.6 is 0 Å². The van der Waals surface area contributed by atoms with Crippen LogP contribution in [-0.2, 0) is 28.6 Å². The van der Waals surface area contributed by atoms with Gasteiger partial charge >= 0.3 is 17.9 Å². The van der Waals surface area contributed by atoms with E-state index in [0.29, 0.717) is 19.3 Å². The predicted molar refractivity (Wildman–Crippen MR) is 340 cm³/mol. The van der Waals surface area contributed by atoms with Gasteiger partial charge in [-0.05, 0) is 51.4 Å². The molecule has 0 amide bonds. The summed E-state index contributed by atoms with van der Waals surface area (Å²) in [7, 11) is 0. The molecule has 0 aromatic carbocycles.